The molecule has 0 radical (unpaired) electrons. The molecule has 1 spiro atoms. The van der Waals surface area contributed by atoms with Crippen LogP contribution in [0.25, 0.3) is 11.1 Å². The Morgan fingerprint density at radius 2 is 1.91 bits per heavy atom. The Morgan fingerprint density at radius 1 is 1.13 bits per heavy atom. The third-order valence-electron chi connectivity index (χ3n) is 8.32. The van der Waals surface area contributed by atoms with Gasteiger partial charge >= 0.3 is 6.18 Å². The van der Waals surface area contributed by atoms with Gasteiger partial charge in [-0.15, -0.1) is 10.2 Å². The lowest BCUT2D eigenvalue weighted by Crippen LogP contribution is -2.68. The molecule has 0 amide bonds. The number of ether oxygens (including phenoxy) is 3. The lowest BCUT2D eigenvalue weighted by Gasteiger charge is -2.61. The first-order valence-corrected chi connectivity index (χ1v) is 14.9. The molecule has 13 nitrogen and oxygen atoms in total. The molecule has 1 N–H and O–H groups in total. The fraction of sp³-hybridized carbons (Fsp3) is 0.500. The topological polar surface area (TPSA) is 130 Å². The van der Waals surface area contributed by atoms with Crippen LogP contribution in [-0.4, -0.2) is 96.1 Å². The summed E-state index contributed by atoms with van der Waals surface area (Å²) >= 11 is 6.38. The highest BCUT2D eigenvalue weighted by Crippen LogP contribution is 2.55. The van der Waals surface area contributed by atoms with Gasteiger partial charge in [0.2, 0.25) is 5.95 Å². The number of halogens is 4. The normalized spacial score (nSPS) is 19.0. The van der Waals surface area contributed by atoms with Crippen LogP contribution in [0.15, 0.2) is 43.1 Å². The molecule has 0 bridgehead atoms. The van der Waals surface area contributed by atoms with Crippen LogP contribution in [0, 0.1) is 5.41 Å². The maximum atomic E-state index is 13.0. The van der Waals surface area contributed by atoms with E-state index in [1.165, 1.54) is 6.33 Å². The quantitative estimate of drug-likeness (QED) is 0.252. The van der Waals surface area contributed by atoms with Gasteiger partial charge in [-0.3, -0.25) is 9.58 Å². The number of anilines is 2. The van der Waals surface area contributed by atoms with Crippen LogP contribution in [0.5, 0.6) is 11.6 Å². The molecule has 3 aliphatic rings. The maximum Gasteiger partial charge on any atom is 0.422 e. The van der Waals surface area contributed by atoms with Gasteiger partial charge in [-0.2, -0.15) is 13.2 Å². The molecule has 5 heterocycles. The molecule has 3 aromatic heterocycles. The number of hydrogen-bond donors (Lipinski definition) is 1. The Labute approximate surface area is 260 Å². The summed E-state index contributed by atoms with van der Waals surface area (Å²) in [6, 6.07) is 5.90. The molecular weight excluding hydrogens is 617 g/mol. The number of hydrogen-bond acceptors (Lipinski definition) is 11. The number of tetrazole rings is 1. The second-order valence-corrected chi connectivity index (χ2v) is 12.3. The molecule has 1 atom stereocenters. The molecule has 1 aromatic carbocycles. The first kappa shape index (κ1) is 29.7. The van der Waals surface area contributed by atoms with E-state index in [2.05, 4.69) is 40.8 Å². The number of nitrogens with zero attached hydrogens (tertiary/aromatic N) is 9. The minimum absolute atomic E-state index is 0.0776. The molecule has 2 aliphatic heterocycles. The monoisotopic (exact) mass is 646 g/mol. The van der Waals surface area contributed by atoms with E-state index < -0.39 is 12.8 Å². The van der Waals surface area contributed by atoms with E-state index in [9.17, 15) is 13.2 Å². The van der Waals surface area contributed by atoms with Gasteiger partial charge in [-0.25, -0.2) is 14.6 Å². The number of likely N-dealkylation sites (tertiary alicyclic amines) is 1. The molecule has 4 aromatic rings. The van der Waals surface area contributed by atoms with E-state index >= 15 is 0 Å². The lowest BCUT2D eigenvalue weighted by atomic mass is 9.60. The molecule has 7 rings (SSSR count). The van der Waals surface area contributed by atoms with E-state index in [0.29, 0.717) is 28.9 Å². The second kappa shape index (κ2) is 11.7. The van der Waals surface area contributed by atoms with Gasteiger partial charge in [-0.1, -0.05) is 17.7 Å². The summed E-state index contributed by atoms with van der Waals surface area (Å²) in [5.74, 6) is 0.497. The zero-order valence-electron chi connectivity index (χ0n) is 24.2. The highest BCUT2D eigenvalue weighted by Gasteiger charge is 2.55. The van der Waals surface area contributed by atoms with Crippen molar-refractivity contribution in [1.82, 2.24) is 44.9 Å². The largest absolute Gasteiger partial charge is 0.487 e. The molecule has 1 saturated carbocycles. The average molecular weight is 647 g/mol. The predicted octanol–water partition coefficient (Wildman–Crippen LogP) is 4.17. The Hall–Kier alpha value is -4.02. The third-order valence-corrected chi connectivity index (χ3v) is 8.63. The Bertz CT molecular complexity index is 1620. The van der Waals surface area contributed by atoms with Crippen molar-refractivity contribution >= 4 is 23.2 Å². The first-order valence-electron chi connectivity index (χ1n) is 14.5. The van der Waals surface area contributed by atoms with Gasteiger partial charge in [0, 0.05) is 31.0 Å². The van der Waals surface area contributed by atoms with Crippen molar-refractivity contribution in [3.8, 4) is 22.8 Å². The Balaban J connectivity index is 1.02. The van der Waals surface area contributed by atoms with E-state index in [1.807, 2.05) is 13.0 Å². The maximum absolute atomic E-state index is 13.0. The fourth-order valence-corrected chi connectivity index (χ4v) is 6.18. The van der Waals surface area contributed by atoms with Gasteiger partial charge in [0.15, 0.2) is 6.61 Å². The van der Waals surface area contributed by atoms with E-state index in [1.54, 1.807) is 40.1 Å². The number of alkyl halides is 3. The van der Waals surface area contributed by atoms with Crippen molar-refractivity contribution in [2.24, 2.45) is 5.41 Å². The minimum atomic E-state index is -4.51. The Kier molecular flexibility index (Phi) is 7.73. The highest BCUT2D eigenvalue weighted by molar-refractivity contribution is 6.32. The van der Waals surface area contributed by atoms with E-state index in [4.69, 9.17) is 25.8 Å². The van der Waals surface area contributed by atoms with Crippen molar-refractivity contribution in [1.29, 1.82) is 0 Å². The predicted molar refractivity (Wildman–Crippen MR) is 154 cm³/mol. The minimum Gasteiger partial charge on any atom is -0.487 e. The van der Waals surface area contributed by atoms with Crippen molar-refractivity contribution in [3.63, 3.8) is 0 Å². The SMILES string of the molecule is C[C@@H](Cn1cnnn1)Oc1cc(-c2cnc(Nc3cn(C4CC5(C4)CN(C4COC4)C5)nc3OCC(F)(F)F)nc2)ccc1Cl. The van der Waals surface area contributed by atoms with Crippen LogP contribution in [-0.2, 0) is 11.3 Å². The van der Waals surface area contributed by atoms with Crippen LogP contribution in [0.4, 0.5) is 24.8 Å². The number of nitrogens with one attached hydrogen (secondary N) is 1. The van der Waals surface area contributed by atoms with Gasteiger partial charge < -0.3 is 19.5 Å². The molecule has 0 unspecified atom stereocenters. The van der Waals surface area contributed by atoms with Crippen LogP contribution in [0.2, 0.25) is 5.02 Å². The van der Waals surface area contributed by atoms with Crippen molar-refractivity contribution in [2.75, 3.05) is 38.2 Å². The molecule has 3 fully saturated rings. The third kappa shape index (κ3) is 6.53. The zero-order valence-corrected chi connectivity index (χ0v) is 24.9. The molecule has 45 heavy (non-hydrogen) atoms. The van der Waals surface area contributed by atoms with Crippen LogP contribution in [0.3, 0.4) is 0 Å². The van der Waals surface area contributed by atoms with Crippen molar-refractivity contribution < 1.29 is 27.4 Å². The summed E-state index contributed by atoms with van der Waals surface area (Å²) in [5.41, 5.74) is 1.94. The van der Waals surface area contributed by atoms with Gasteiger partial charge in [0.1, 0.15) is 23.9 Å². The van der Waals surface area contributed by atoms with Gasteiger partial charge in [0.25, 0.3) is 5.88 Å². The lowest BCUT2D eigenvalue weighted by molar-refractivity contribution is -0.166. The van der Waals surface area contributed by atoms with Crippen molar-refractivity contribution in [2.45, 2.75) is 50.7 Å². The summed E-state index contributed by atoms with van der Waals surface area (Å²) in [6.45, 7) is 4.45. The molecule has 1 aliphatic carbocycles. The van der Waals surface area contributed by atoms with Crippen LogP contribution < -0.4 is 14.8 Å². The van der Waals surface area contributed by atoms with E-state index in [0.717, 1.165) is 44.7 Å². The molecule has 238 valence electrons. The summed E-state index contributed by atoms with van der Waals surface area (Å²) in [4.78, 5) is 11.2. The number of benzene rings is 1. The van der Waals surface area contributed by atoms with Gasteiger partial charge in [-0.05, 0) is 53.3 Å². The summed E-state index contributed by atoms with van der Waals surface area (Å²) in [6.07, 6.45) is 3.39. The average Bonchev–Trinajstić information content (AvgIpc) is 3.58. The van der Waals surface area contributed by atoms with Gasteiger partial charge in [0.05, 0.1) is 43.1 Å². The smallest absolute Gasteiger partial charge is 0.422 e. The number of rotatable bonds is 11. The summed E-state index contributed by atoms with van der Waals surface area (Å²) in [7, 11) is 0. The Morgan fingerprint density at radius 3 is 2.58 bits per heavy atom. The molecular formula is C28H30ClF3N10O3. The zero-order chi connectivity index (χ0) is 31.2. The fourth-order valence-electron chi connectivity index (χ4n) is 6.01. The summed E-state index contributed by atoms with van der Waals surface area (Å²) < 4.78 is 58.7. The van der Waals surface area contributed by atoms with E-state index in [-0.39, 0.29) is 35.1 Å². The van der Waals surface area contributed by atoms with Crippen LogP contribution in [0.1, 0.15) is 25.8 Å². The van der Waals surface area contributed by atoms with Crippen LogP contribution >= 0.6 is 11.6 Å². The first-order chi connectivity index (χ1) is 21.6. The summed E-state index contributed by atoms with van der Waals surface area (Å²) in [5, 5.41) is 18.9. The van der Waals surface area contributed by atoms with Crippen molar-refractivity contribution in [3.05, 3.63) is 48.1 Å². The molecule has 2 saturated heterocycles. The number of aromatic nitrogens is 8. The second-order valence-electron chi connectivity index (χ2n) is 11.9. The highest BCUT2D eigenvalue weighted by atomic mass is 35.5. The molecule has 17 heteroatoms. The standard InChI is InChI=1S/C28H30ClF3N10O3/c1-17(9-41-16-35-38-39-41)45-24-4-18(2-3-22(24)29)19-7-33-26(34-8-19)36-23-10-42(37-25(23)44-15-28(30,31)32)20-5-27(6-20)13-40(14-27)21-11-43-12-21/h2-4,7-8,10,16-17,20-21H,5-6,9,11-15H2,1H3,(H,33,34,36)/t17-/m0/s1.